The van der Waals surface area contributed by atoms with Crippen molar-refractivity contribution in [3.05, 3.63) is 23.3 Å². The first-order valence-electron chi connectivity index (χ1n) is 8.22. The van der Waals surface area contributed by atoms with E-state index in [2.05, 4.69) is 18.7 Å². The van der Waals surface area contributed by atoms with Crippen molar-refractivity contribution in [3.8, 4) is 11.5 Å². The molecule has 0 unspecified atom stereocenters. The first-order valence-corrected chi connectivity index (χ1v) is 8.22. The van der Waals surface area contributed by atoms with Crippen LogP contribution in [0.3, 0.4) is 0 Å². The van der Waals surface area contributed by atoms with Crippen molar-refractivity contribution in [2.75, 3.05) is 20.2 Å². The Labute approximate surface area is 127 Å². The first-order chi connectivity index (χ1) is 10.1. The lowest BCUT2D eigenvalue weighted by Gasteiger charge is -2.44. The van der Waals surface area contributed by atoms with Gasteiger partial charge in [0.1, 0.15) is 0 Å². The summed E-state index contributed by atoms with van der Waals surface area (Å²) >= 11 is 0. The van der Waals surface area contributed by atoms with Crippen LogP contribution in [0.5, 0.6) is 11.5 Å². The highest BCUT2D eigenvalue weighted by Crippen LogP contribution is 2.43. The lowest BCUT2D eigenvalue weighted by atomic mass is 9.81. The summed E-state index contributed by atoms with van der Waals surface area (Å²) in [6, 6.07) is 4.46. The minimum atomic E-state index is 0.280. The number of benzene rings is 1. The summed E-state index contributed by atoms with van der Waals surface area (Å²) < 4.78 is 5.24. The van der Waals surface area contributed by atoms with Crippen LogP contribution in [-0.4, -0.2) is 30.2 Å². The number of hydrogen-bond acceptors (Lipinski definition) is 3. The fourth-order valence-corrected chi connectivity index (χ4v) is 4.17. The van der Waals surface area contributed by atoms with Crippen LogP contribution in [0.1, 0.15) is 50.3 Å². The van der Waals surface area contributed by atoms with Crippen molar-refractivity contribution in [1.82, 2.24) is 4.90 Å². The highest BCUT2D eigenvalue weighted by molar-refractivity contribution is 5.48. The molecule has 0 bridgehead atoms. The number of aromatic hydroxyl groups is 1. The third-order valence-corrected chi connectivity index (χ3v) is 5.05. The third kappa shape index (κ3) is 2.89. The molecule has 1 aromatic rings. The number of phenolic OH excluding ortho intramolecular Hbond substituents is 1. The summed E-state index contributed by atoms with van der Waals surface area (Å²) in [4.78, 5) is 2.63. The van der Waals surface area contributed by atoms with Crippen molar-refractivity contribution in [2.45, 2.75) is 45.6 Å². The van der Waals surface area contributed by atoms with E-state index in [9.17, 15) is 5.11 Å². The molecule has 1 fully saturated rings. The SMILES string of the molecule is COc1cc2c(cc1O)[C@@H]1CC[C@H](CC(C)C)CN1CC2. The van der Waals surface area contributed by atoms with Gasteiger partial charge in [-0.15, -0.1) is 0 Å². The molecular weight excluding hydrogens is 262 g/mol. The van der Waals surface area contributed by atoms with Crippen LogP contribution < -0.4 is 4.74 Å². The van der Waals surface area contributed by atoms with E-state index in [0.29, 0.717) is 11.8 Å². The predicted octanol–water partition coefficient (Wildman–Crippen LogP) is 3.76. The Morgan fingerprint density at radius 2 is 2.14 bits per heavy atom. The fraction of sp³-hybridized carbons (Fsp3) is 0.667. The Bertz CT molecular complexity index is 512. The molecule has 3 nitrogen and oxygen atoms in total. The van der Waals surface area contributed by atoms with E-state index in [-0.39, 0.29) is 5.75 Å². The predicted molar refractivity (Wildman–Crippen MR) is 84.9 cm³/mol. The van der Waals surface area contributed by atoms with Gasteiger partial charge in [-0.3, -0.25) is 4.90 Å². The molecule has 1 saturated heterocycles. The molecule has 2 aliphatic heterocycles. The van der Waals surface area contributed by atoms with Gasteiger partial charge in [0, 0.05) is 19.1 Å². The van der Waals surface area contributed by atoms with Crippen molar-refractivity contribution in [1.29, 1.82) is 0 Å². The zero-order valence-electron chi connectivity index (χ0n) is 13.4. The summed E-state index contributed by atoms with van der Waals surface area (Å²) in [5.74, 6) is 2.52. The number of phenols is 1. The van der Waals surface area contributed by atoms with Crippen molar-refractivity contribution < 1.29 is 9.84 Å². The fourth-order valence-electron chi connectivity index (χ4n) is 4.17. The van der Waals surface area contributed by atoms with Gasteiger partial charge in [-0.25, -0.2) is 0 Å². The monoisotopic (exact) mass is 289 g/mol. The van der Waals surface area contributed by atoms with Crippen LogP contribution in [0.15, 0.2) is 12.1 Å². The van der Waals surface area contributed by atoms with Gasteiger partial charge in [0.05, 0.1) is 7.11 Å². The van der Waals surface area contributed by atoms with Gasteiger partial charge in [-0.1, -0.05) is 13.8 Å². The highest BCUT2D eigenvalue weighted by Gasteiger charge is 2.34. The average Bonchev–Trinajstić information content (AvgIpc) is 2.45. The van der Waals surface area contributed by atoms with Crippen LogP contribution in [-0.2, 0) is 6.42 Å². The topological polar surface area (TPSA) is 32.7 Å². The Morgan fingerprint density at radius 3 is 2.86 bits per heavy atom. The molecule has 0 radical (unpaired) electrons. The number of ether oxygens (including phenoxy) is 1. The van der Waals surface area contributed by atoms with Crippen LogP contribution in [0.25, 0.3) is 0 Å². The molecule has 0 amide bonds. The number of nitrogens with zero attached hydrogens (tertiary/aromatic N) is 1. The molecule has 2 heterocycles. The van der Waals surface area contributed by atoms with Gasteiger partial charge in [-0.05, 0) is 60.8 Å². The first kappa shape index (κ1) is 14.7. The van der Waals surface area contributed by atoms with Crippen molar-refractivity contribution >= 4 is 0 Å². The number of piperidine rings is 1. The van der Waals surface area contributed by atoms with Crippen LogP contribution in [0, 0.1) is 11.8 Å². The summed E-state index contributed by atoms with van der Waals surface area (Å²) in [6.45, 7) is 7.00. The molecule has 21 heavy (non-hydrogen) atoms. The van der Waals surface area contributed by atoms with Gasteiger partial charge in [0.2, 0.25) is 0 Å². The van der Waals surface area contributed by atoms with Crippen LogP contribution in [0.4, 0.5) is 0 Å². The summed E-state index contributed by atoms with van der Waals surface area (Å²) in [6.07, 6.45) is 4.93. The lowest BCUT2D eigenvalue weighted by molar-refractivity contribution is 0.0894. The number of methoxy groups -OCH3 is 1. The maximum Gasteiger partial charge on any atom is 0.160 e. The minimum Gasteiger partial charge on any atom is -0.504 e. The zero-order valence-corrected chi connectivity index (χ0v) is 13.4. The maximum atomic E-state index is 10.1. The van der Waals surface area contributed by atoms with Gasteiger partial charge in [0.25, 0.3) is 0 Å². The molecule has 0 aliphatic carbocycles. The molecule has 116 valence electrons. The van der Waals surface area contributed by atoms with E-state index >= 15 is 0 Å². The Kier molecular flexibility index (Phi) is 4.12. The molecule has 2 aliphatic rings. The summed E-state index contributed by atoms with van der Waals surface area (Å²) in [7, 11) is 1.62. The second kappa shape index (κ2) is 5.88. The molecule has 1 aromatic carbocycles. The van der Waals surface area contributed by atoms with Crippen molar-refractivity contribution in [3.63, 3.8) is 0 Å². The number of rotatable bonds is 3. The average molecular weight is 289 g/mol. The smallest absolute Gasteiger partial charge is 0.160 e. The normalized spacial score (nSPS) is 25.5. The van der Waals surface area contributed by atoms with E-state index in [0.717, 1.165) is 24.8 Å². The molecular formula is C18H27NO2. The van der Waals surface area contributed by atoms with Gasteiger partial charge in [0.15, 0.2) is 11.5 Å². The third-order valence-electron chi connectivity index (χ3n) is 5.05. The minimum absolute atomic E-state index is 0.280. The van der Waals surface area contributed by atoms with Crippen LogP contribution in [0.2, 0.25) is 0 Å². The second-order valence-electron chi connectivity index (χ2n) is 7.06. The van der Waals surface area contributed by atoms with E-state index in [1.54, 1.807) is 7.11 Å². The van der Waals surface area contributed by atoms with E-state index in [1.165, 1.54) is 36.9 Å². The van der Waals surface area contributed by atoms with E-state index in [4.69, 9.17) is 4.74 Å². The lowest BCUT2D eigenvalue weighted by Crippen LogP contribution is -2.42. The second-order valence-corrected chi connectivity index (χ2v) is 7.06. The quantitative estimate of drug-likeness (QED) is 0.919. The van der Waals surface area contributed by atoms with E-state index < -0.39 is 0 Å². The van der Waals surface area contributed by atoms with E-state index in [1.807, 2.05) is 12.1 Å². The molecule has 0 saturated carbocycles. The summed E-state index contributed by atoms with van der Waals surface area (Å²) in [5, 5.41) is 10.1. The Balaban J connectivity index is 1.80. The van der Waals surface area contributed by atoms with Gasteiger partial charge >= 0.3 is 0 Å². The molecule has 1 N–H and O–H groups in total. The zero-order chi connectivity index (χ0) is 15.0. The maximum absolute atomic E-state index is 10.1. The van der Waals surface area contributed by atoms with Crippen LogP contribution >= 0.6 is 0 Å². The molecule has 2 atom stereocenters. The Hall–Kier alpha value is -1.22. The molecule has 3 heteroatoms. The van der Waals surface area contributed by atoms with Gasteiger partial charge in [-0.2, -0.15) is 0 Å². The largest absolute Gasteiger partial charge is 0.504 e. The standard InChI is InChI=1S/C18H27NO2/c1-12(2)8-13-4-5-16-15-10-17(20)18(21-3)9-14(15)6-7-19(16)11-13/h9-10,12-13,16,20H,4-8,11H2,1-3H3/t13-,16+/m1/s1. The Morgan fingerprint density at radius 1 is 1.33 bits per heavy atom. The number of hydrogen-bond donors (Lipinski definition) is 1. The molecule has 0 spiro atoms. The van der Waals surface area contributed by atoms with Gasteiger partial charge < -0.3 is 9.84 Å². The summed E-state index contributed by atoms with van der Waals surface area (Å²) in [5.41, 5.74) is 2.68. The number of fused-ring (bicyclic) bond motifs is 3. The highest BCUT2D eigenvalue weighted by atomic mass is 16.5. The molecule has 0 aromatic heterocycles. The van der Waals surface area contributed by atoms with Crippen molar-refractivity contribution in [2.24, 2.45) is 11.8 Å². The molecule has 3 rings (SSSR count).